The van der Waals surface area contributed by atoms with Gasteiger partial charge in [0.1, 0.15) is 5.41 Å². The van der Waals surface area contributed by atoms with Crippen LogP contribution in [0.3, 0.4) is 0 Å². The Morgan fingerprint density at radius 2 is 1.24 bits per heavy atom. The number of rotatable bonds is 9. The van der Waals surface area contributed by atoms with Crippen LogP contribution in [0, 0.1) is 10.8 Å². The summed E-state index contributed by atoms with van der Waals surface area (Å²) >= 11 is 0. The second-order valence-electron chi connectivity index (χ2n) is 8.45. The number of methoxy groups -OCH3 is 1. The van der Waals surface area contributed by atoms with Crippen LogP contribution in [-0.4, -0.2) is 30.3 Å². The van der Waals surface area contributed by atoms with Crippen LogP contribution in [-0.2, 0) is 27.4 Å². The molecule has 0 saturated carbocycles. The van der Waals surface area contributed by atoms with Gasteiger partial charge in [0.2, 0.25) is 0 Å². The molecule has 0 spiro atoms. The van der Waals surface area contributed by atoms with Crippen molar-refractivity contribution in [1.82, 2.24) is 4.90 Å². The summed E-state index contributed by atoms with van der Waals surface area (Å²) in [6.07, 6.45) is 0. The van der Waals surface area contributed by atoms with Crippen molar-refractivity contribution >= 4 is 24.2 Å². The van der Waals surface area contributed by atoms with Crippen molar-refractivity contribution in [2.24, 2.45) is 10.8 Å². The Bertz CT molecular complexity index is 747. The van der Waals surface area contributed by atoms with Gasteiger partial charge in [-0.3, -0.25) is 14.5 Å². The quantitative estimate of drug-likeness (QED) is 0.429. The van der Waals surface area contributed by atoms with E-state index in [1.807, 2.05) is 50.2 Å². The van der Waals surface area contributed by atoms with E-state index in [1.54, 1.807) is 13.8 Å². The summed E-state index contributed by atoms with van der Waals surface area (Å²) in [5, 5.41) is 0. The number of hydrogen-bond donors (Lipinski definition) is 0. The fourth-order valence-electron chi connectivity index (χ4n) is 3.68. The summed E-state index contributed by atoms with van der Waals surface area (Å²) in [6, 6.07) is 20.4. The van der Waals surface area contributed by atoms with Gasteiger partial charge in [-0.15, -0.1) is 12.4 Å². The van der Waals surface area contributed by atoms with Gasteiger partial charge in [0.25, 0.3) is 0 Å². The van der Waals surface area contributed by atoms with Crippen molar-refractivity contribution in [3.8, 4) is 0 Å². The van der Waals surface area contributed by atoms with Crippen LogP contribution in [0.15, 0.2) is 60.7 Å². The number of ketones is 1. The fraction of sp³-hybridized carbons (Fsp3) is 0.417. The lowest BCUT2D eigenvalue weighted by Crippen LogP contribution is -2.47. The number of hydrogen-bond acceptors (Lipinski definition) is 4. The summed E-state index contributed by atoms with van der Waals surface area (Å²) in [7, 11) is 1.32. The second kappa shape index (κ2) is 10.6. The lowest BCUT2D eigenvalue weighted by molar-refractivity contribution is -0.159. The van der Waals surface area contributed by atoms with E-state index >= 15 is 0 Å². The first kappa shape index (κ1) is 24.9. The van der Waals surface area contributed by atoms with Crippen LogP contribution < -0.4 is 0 Å². The molecule has 29 heavy (non-hydrogen) atoms. The summed E-state index contributed by atoms with van der Waals surface area (Å²) < 4.78 is 4.85. The van der Waals surface area contributed by atoms with Crippen LogP contribution in [0.5, 0.6) is 0 Å². The van der Waals surface area contributed by atoms with Gasteiger partial charge in [0.05, 0.1) is 7.11 Å². The third kappa shape index (κ3) is 6.69. The standard InChI is InChI=1S/C24H31NO3.ClH/c1-23(2,21(26)24(3,4)22(27)28-5)18-25(16-19-12-8-6-9-13-19)17-20-14-10-7-11-15-20;/h6-15H,16-18H2,1-5H3;1H. The van der Waals surface area contributed by atoms with Crippen LogP contribution in [0.2, 0.25) is 0 Å². The largest absolute Gasteiger partial charge is 0.468 e. The number of Topliss-reactive ketones (excluding diaryl/α,β-unsaturated/α-hetero) is 1. The molecule has 0 aromatic heterocycles. The predicted octanol–water partition coefficient (Wildman–Crippen LogP) is 4.91. The molecule has 0 bridgehead atoms. The zero-order chi connectivity index (χ0) is 20.8. The van der Waals surface area contributed by atoms with Gasteiger partial charge in [-0.2, -0.15) is 0 Å². The molecule has 0 saturated heterocycles. The number of carbonyl (C=O) groups excluding carboxylic acids is 2. The monoisotopic (exact) mass is 417 g/mol. The summed E-state index contributed by atoms with van der Waals surface area (Å²) in [4.78, 5) is 27.6. The van der Waals surface area contributed by atoms with E-state index in [9.17, 15) is 9.59 Å². The number of benzene rings is 2. The normalized spacial score (nSPS) is 11.7. The van der Waals surface area contributed by atoms with Gasteiger partial charge >= 0.3 is 5.97 Å². The molecule has 2 aromatic carbocycles. The zero-order valence-electron chi connectivity index (χ0n) is 18.0. The van der Waals surface area contributed by atoms with Crippen molar-refractivity contribution in [2.45, 2.75) is 40.8 Å². The highest BCUT2D eigenvalue weighted by atomic mass is 35.5. The zero-order valence-corrected chi connectivity index (χ0v) is 18.8. The highest BCUT2D eigenvalue weighted by Crippen LogP contribution is 2.32. The molecular weight excluding hydrogens is 386 g/mol. The van der Waals surface area contributed by atoms with E-state index in [-0.39, 0.29) is 18.2 Å². The van der Waals surface area contributed by atoms with E-state index in [1.165, 1.54) is 18.2 Å². The minimum Gasteiger partial charge on any atom is -0.468 e. The van der Waals surface area contributed by atoms with E-state index in [2.05, 4.69) is 29.2 Å². The third-order valence-electron chi connectivity index (χ3n) is 4.99. The van der Waals surface area contributed by atoms with E-state index in [0.29, 0.717) is 6.54 Å². The molecule has 0 amide bonds. The Labute approximate surface area is 180 Å². The average molecular weight is 418 g/mol. The molecule has 0 N–H and O–H groups in total. The third-order valence-corrected chi connectivity index (χ3v) is 4.99. The predicted molar refractivity (Wildman–Crippen MR) is 119 cm³/mol. The molecule has 0 unspecified atom stereocenters. The molecule has 0 fully saturated rings. The van der Waals surface area contributed by atoms with Crippen LogP contribution in [0.1, 0.15) is 38.8 Å². The molecule has 4 nitrogen and oxygen atoms in total. The first-order valence-corrected chi connectivity index (χ1v) is 9.60. The Kier molecular flexibility index (Phi) is 9.06. The highest BCUT2D eigenvalue weighted by molar-refractivity contribution is 6.05. The number of carbonyl (C=O) groups is 2. The molecule has 0 atom stereocenters. The van der Waals surface area contributed by atoms with Crippen LogP contribution >= 0.6 is 12.4 Å². The maximum Gasteiger partial charge on any atom is 0.318 e. The summed E-state index contributed by atoms with van der Waals surface area (Å²) in [5.74, 6) is -0.610. The van der Waals surface area contributed by atoms with Crippen LogP contribution in [0.4, 0.5) is 0 Å². The number of esters is 1. The molecular formula is C24H32ClNO3. The highest BCUT2D eigenvalue weighted by Gasteiger charge is 2.45. The first-order chi connectivity index (χ1) is 13.2. The average Bonchev–Trinajstić information content (AvgIpc) is 2.67. The molecule has 158 valence electrons. The van der Waals surface area contributed by atoms with Crippen molar-refractivity contribution in [3.63, 3.8) is 0 Å². The molecule has 5 heteroatoms. The molecule has 0 aliphatic heterocycles. The molecule has 0 radical (unpaired) electrons. The lowest BCUT2D eigenvalue weighted by Gasteiger charge is -2.36. The van der Waals surface area contributed by atoms with Crippen molar-refractivity contribution in [2.75, 3.05) is 13.7 Å². The number of halogens is 1. The fourth-order valence-corrected chi connectivity index (χ4v) is 3.68. The summed E-state index contributed by atoms with van der Waals surface area (Å²) in [5.41, 5.74) is 0.493. The minimum atomic E-state index is -1.18. The van der Waals surface area contributed by atoms with Gasteiger partial charge in [-0.1, -0.05) is 74.5 Å². The molecule has 0 heterocycles. The van der Waals surface area contributed by atoms with Gasteiger partial charge < -0.3 is 4.74 Å². The SMILES string of the molecule is COC(=O)C(C)(C)C(=O)C(C)(C)CN(Cc1ccccc1)Cc1ccccc1.Cl. The second-order valence-corrected chi connectivity index (χ2v) is 8.45. The maximum absolute atomic E-state index is 13.2. The Balaban J connectivity index is 0.00000420. The van der Waals surface area contributed by atoms with Crippen LogP contribution in [0.25, 0.3) is 0 Å². The lowest BCUT2D eigenvalue weighted by atomic mass is 9.73. The topological polar surface area (TPSA) is 46.6 Å². The Morgan fingerprint density at radius 1 is 0.828 bits per heavy atom. The molecule has 2 rings (SSSR count). The van der Waals surface area contributed by atoms with Crippen molar-refractivity contribution < 1.29 is 14.3 Å². The van der Waals surface area contributed by atoms with E-state index in [0.717, 1.165) is 13.1 Å². The van der Waals surface area contributed by atoms with Crippen molar-refractivity contribution in [3.05, 3.63) is 71.8 Å². The minimum absolute atomic E-state index is 0. The van der Waals surface area contributed by atoms with E-state index in [4.69, 9.17) is 4.74 Å². The van der Waals surface area contributed by atoms with Crippen molar-refractivity contribution in [1.29, 1.82) is 0 Å². The van der Waals surface area contributed by atoms with Gasteiger partial charge in [-0.25, -0.2) is 0 Å². The summed E-state index contributed by atoms with van der Waals surface area (Å²) in [6.45, 7) is 9.08. The molecule has 0 aliphatic rings. The smallest absolute Gasteiger partial charge is 0.318 e. The van der Waals surface area contributed by atoms with Gasteiger partial charge in [0.15, 0.2) is 5.78 Å². The molecule has 2 aromatic rings. The first-order valence-electron chi connectivity index (χ1n) is 9.60. The Morgan fingerprint density at radius 3 is 1.62 bits per heavy atom. The van der Waals surface area contributed by atoms with Gasteiger partial charge in [0, 0.05) is 25.0 Å². The van der Waals surface area contributed by atoms with E-state index < -0.39 is 16.8 Å². The Hall–Kier alpha value is -2.17. The van der Waals surface area contributed by atoms with Gasteiger partial charge in [-0.05, 0) is 25.0 Å². The number of nitrogens with zero attached hydrogens (tertiary/aromatic N) is 1. The molecule has 0 aliphatic carbocycles. The number of ether oxygens (including phenoxy) is 1. The maximum atomic E-state index is 13.2.